The average Bonchev–Trinajstić information content (AvgIpc) is 2.75. The van der Waals surface area contributed by atoms with Crippen molar-refractivity contribution < 1.29 is 8.42 Å². The Bertz CT molecular complexity index is 434. The lowest BCUT2D eigenvalue weighted by atomic mass is 10.3. The summed E-state index contributed by atoms with van der Waals surface area (Å²) in [5.74, 6) is 0. The van der Waals surface area contributed by atoms with Crippen LogP contribution in [-0.2, 0) is 10.0 Å². The number of hydrogen-bond acceptors (Lipinski definition) is 5. The lowest BCUT2D eigenvalue weighted by Crippen LogP contribution is -2.35. The van der Waals surface area contributed by atoms with E-state index in [-0.39, 0.29) is 6.04 Å². The van der Waals surface area contributed by atoms with Gasteiger partial charge in [-0.2, -0.15) is 0 Å². The molecule has 2 heterocycles. The van der Waals surface area contributed by atoms with Crippen LogP contribution in [0.25, 0.3) is 0 Å². The fourth-order valence-electron chi connectivity index (χ4n) is 1.50. The van der Waals surface area contributed by atoms with Gasteiger partial charge >= 0.3 is 0 Å². The monoisotopic (exact) mass is 247 g/mol. The molecular weight excluding hydrogens is 234 g/mol. The number of nitrogens with one attached hydrogen (secondary N) is 2. The molecule has 0 saturated carbocycles. The van der Waals surface area contributed by atoms with Crippen LogP contribution in [0.5, 0.6) is 0 Å². The third-order valence-electron chi connectivity index (χ3n) is 2.25. The van der Waals surface area contributed by atoms with E-state index in [2.05, 4.69) is 15.0 Å². The molecule has 0 amide bonds. The van der Waals surface area contributed by atoms with Gasteiger partial charge in [-0.15, -0.1) is 11.3 Å². The van der Waals surface area contributed by atoms with Crippen molar-refractivity contribution in [3.63, 3.8) is 0 Å². The van der Waals surface area contributed by atoms with Gasteiger partial charge in [0.25, 0.3) is 10.0 Å². The molecule has 2 N–H and O–H groups in total. The lowest BCUT2D eigenvalue weighted by molar-refractivity contribution is 0.562. The minimum atomic E-state index is -3.36. The molecule has 1 aromatic heterocycles. The van der Waals surface area contributed by atoms with E-state index in [0.29, 0.717) is 10.8 Å². The topological polar surface area (TPSA) is 71.1 Å². The maximum absolute atomic E-state index is 11.8. The lowest BCUT2D eigenvalue weighted by Gasteiger charge is -2.09. The highest BCUT2D eigenvalue weighted by molar-refractivity contribution is 7.91. The molecule has 1 atom stereocenters. The van der Waals surface area contributed by atoms with Crippen molar-refractivity contribution in [2.24, 2.45) is 0 Å². The average molecular weight is 247 g/mol. The smallest absolute Gasteiger partial charge is 0.251 e. The summed E-state index contributed by atoms with van der Waals surface area (Å²) in [4.78, 5) is 3.94. The summed E-state index contributed by atoms with van der Waals surface area (Å²) in [7, 11) is -3.36. The number of sulfonamides is 1. The van der Waals surface area contributed by atoms with E-state index in [9.17, 15) is 8.42 Å². The van der Waals surface area contributed by atoms with Gasteiger partial charge in [0.15, 0.2) is 4.21 Å². The fourth-order valence-corrected chi connectivity index (χ4v) is 3.89. The third-order valence-corrected chi connectivity index (χ3v) is 5.14. The van der Waals surface area contributed by atoms with Gasteiger partial charge in [0.2, 0.25) is 0 Å². The standard InChI is InChI=1S/C8H13N3O2S2/c1-6-10-5-8(14-6)15(12,13)11-7-2-3-9-4-7/h5,7,9,11H,2-4H2,1H3/t7-/m0/s1. The quantitative estimate of drug-likeness (QED) is 0.794. The molecular formula is C8H13N3O2S2. The minimum absolute atomic E-state index is 0.0115. The number of nitrogens with zero attached hydrogens (tertiary/aromatic N) is 1. The summed E-state index contributed by atoms with van der Waals surface area (Å²) in [5, 5.41) is 3.88. The van der Waals surface area contributed by atoms with Gasteiger partial charge in [-0.25, -0.2) is 18.1 Å². The SMILES string of the molecule is Cc1ncc(S(=O)(=O)N[C@H]2CCNC2)s1. The van der Waals surface area contributed by atoms with Crippen LogP contribution in [0.4, 0.5) is 0 Å². The molecule has 2 rings (SSSR count). The molecule has 1 saturated heterocycles. The number of hydrogen-bond donors (Lipinski definition) is 2. The Labute approximate surface area is 93.0 Å². The van der Waals surface area contributed by atoms with Crippen LogP contribution in [-0.4, -0.2) is 32.5 Å². The van der Waals surface area contributed by atoms with Crippen LogP contribution in [0.3, 0.4) is 0 Å². The van der Waals surface area contributed by atoms with Gasteiger partial charge in [0.05, 0.1) is 11.2 Å². The number of rotatable bonds is 3. The van der Waals surface area contributed by atoms with Crippen molar-refractivity contribution in [2.45, 2.75) is 23.6 Å². The van der Waals surface area contributed by atoms with Crippen LogP contribution in [0, 0.1) is 6.92 Å². The highest BCUT2D eigenvalue weighted by Gasteiger charge is 2.23. The molecule has 0 aromatic carbocycles. The van der Waals surface area contributed by atoms with E-state index in [4.69, 9.17) is 0 Å². The zero-order valence-electron chi connectivity index (χ0n) is 8.36. The first kappa shape index (κ1) is 11.0. The molecule has 0 bridgehead atoms. The van der Waals surface area contributed by atoms with Gasteiger partial charge in [0.1, 0.15) is 0 Å². The van der Waals surface area contributed by atoms with E-state index in [1.165, 1.54) is 17.5 Å². The number of aryl methyl sites for hydroxylation is 1. The van der Waals surface area contributed by atoms with Crippen molar-refractivity contribution in [2.75, 3.05) is 13.1 Å². The van der Waals surface area contributed by atoms with E-state index in [1.54, 1.807) is 6.92 Å². The minimum Gasteiger partial charge on any atom is -0.315 e. The second-order valence-electron chi connectivity index (χ2n) is 3.51. The van der Waals surface area contributed by atoms with E-state index >= 15 is 0 Å². The van der Waals surface area contributed by atoms with Gasteiger partial charge < -0.3 is 5.32 Å². The second kappa shape index (κ2) is 4.17. The molecule has 0 spiro atoms. The molecule has 7 heteroatoms. The van der Waals surface area contributed by atoms with Crippen molar-refractivity contribution in [1.29, 1.82) is 0 Å². The van der Waals surface area contributed by atoms with Crippen LogP contribution in [0.2, 0.25) is 0 Å². The van der Waals surface area contributed by atoms with Gasteiger partial charge in [0, 0.05) is 12.6 Å². The van der Waals surface area contributed by atoms with E-state index in [0.717, 1.165) is 18.0 Å². The van der Waals surface area contributed by atoms with E-state index in [1.807, 2.05) is 0 Å². The number of thiazole rings is 1. The summed E-state index contributed by atoms with van der Waals surface area (Å²) in [5.41, 5.74) is 0. The molecule has 0 aliphatic carbocycles. The first-order chi connectivity index (χ1) is 7.08. The van der Waals surface area contributed by atoms with Crippen LogP contribution >= 0.6 is 11.3 Å². The highest BCUT2D eigenvalue weighted by atomic mass is 32.2. The Kier molecular flexibility index (Phi) is 3.06. The summed E-state index contributed by atoms with van der Waals surface area (Å²) in [6.07, 6.45) is 2.25. The molecule has 15 heavy (non-hydrogen) atoms. The first-order valence-corrected chi connectivity index (χ1v) is 7.03. The number of aromatic nitrogens is 1. The Morgan fingerprint density at radius 3 is 3.00 bits per heavy atom. The molecule has 0 radical (unpaired) electrons. The molecule has 0 unspecified atom stereocenters. The fraction of sp³-hybridized carbons (Fsp3) is 0.625. The van der Waals surface area contributed by atoms with Crippen LogP contribution in [0.1, 0.15) is 11.4 Å². The van der Waals surface area contributed by atoms with Gasteiger partial charge in [-0.3, -0.25) is 0 Å². The molecule has 1 aromatic rings. The maximum Gasteiger partial charge on any atom is 0.251 e. The Balaban J connectivity index is 2.12. The van der Waals surface area contributed by atoms with E-state index < -0.39 is 10.0 Å². The second-order valence-corrected chi connectivity index (χ2v) is 6.68. The summed E-state index contributed by atoms with van der Waals surface area (Å²) >= 11 is 1.20. The predicted octanol–water partition coefficient (Wildman–Crippen LogP) is 0.0917. The Hall–Kier alpha value is -0.500. The highest BCUT2D eigenvalue weighted by Crippen LogP contribution is 2.18. The first-order valence-electron chi connectivity index (χ1n) is 4.73. The van der Waals surface area contributed by atoms with Crippen molar-refractivity contribution >= 4 is 21.4 Å². The maximum atomic E-state index is 11.8. The van der Waals surface area contributed by atoms with Crippen molar-refractivity contribution in [3.8, 4) is 0 Å². The molecule has 84 valence electrons. The third kappa shape index (κ3) is 2.54. The Morgan fingerprint density at radius 2 is 2.47 bits per heavy atom. The molecule has 1 aliphatic rings. The molecule has 1 fully saturated rings. The normalized spacial score (nSPS) is 22.1. The Morgan fingerprint density at radius 1 is 1.67 bits per heavy atom. The van der Waals surface area contributed by atoms with Crippen molar-refractivity contribution in [3.05, 3.63) is 11.2 Å². The van der Waals surface area contributed by atoms with Gasteiger partial charge in [-0.05, 0) is 19.9 Å². The summed E-state index contributed by atoms with van der Waals surface area (Å²) in [6.45, 7) is 3.37. The zero-order valence-corrected chi connectivity index (χ0v) is 9.99. The summed E-state index contributed by atoms with van der Waals surface area (Å²) in [6, 6.07) is 0.0115. The summed E-state index contributed by atoms with van der Waals surface area (Å²) < 4.78 is 26.6. The van der Waals surface area contributed by atoms with Crippen LogP contribution < -0.4 is 10.0 Å². The molecule has 5 nitrogen and oxygen atoms in total. The van der Waals surface area contributed by atoms with Gasteiger partial charge in [-0.1, -0.05) is 0 Å². The van der Waals surface area contributed by atoms with Crippen LogP contribution in [0.15, 0.2) is 10.4 Å². The largest absolute Gasteiger partial charge is 0.315 e. The zero-order chi connectivity index (χ0) is 10.9. The molecule has 1 aliphatic heterocycles. The van der Waals surface area contributed by atoms with Crippen molar-refractivity contribution in [1.82, 2.24) is 15.0 Å². The predicted molar refractivity (Wildman–Crippen MR) is 58.4 cm³/mol.